The lowest BCUT2D eigenvalue weighted by Crippen LogP contribution is -2.09. The second-order valence-corrected chi connectivity index (χ2v) is 5.20. The van der Waals surface area contributed by atoms with Crippen LogP contribution in [0, 0.1) is 18.8 Å². The Morgan fingerprint density at radius 1 is 1.25 bits per heavy atom. The molecule has 16 heavy (non-hydrogen) atoms. The van der Waals surface area contributed by atoms with Gasteiger partial charge in [-0.2, -0.15) is 0 Å². The SMILES string of the molecule is CCC1CCC(C(O)c2ccc(C)cc2)C1. The number of aryl methyl sites for hydroxylation is 1. The first kappa shape index (κ1) is 11.7. The molecule has 1 heteroatoms. The molecule has 1 aliphatic carbocycles. The summed E-state index contributed by atoms with van der Waals surface area (Å²) < 4.78 is 0. The maximum atomic E-state index is 10.3. The van der Waals surface area contributed by atoms with E-state index < -0.39 is 0 Å². The second kappa shape index (κ2) is 5.01. The van der Waals surface area contributed by atoms with Crippen LogP contribution in [0.25, 0.3) is 0 Å². The first-order chi connectivity index (χ1) is 7.70. The normalized spacial score (nSPS) is 26.9. The summed E-state index contributed by atoms with van der Waals surface area (Å²) in [5.74, 6) is 1.32. The van der Waals surface area contributed by atoms with Gasteiger partial charge in [-0.25, -0.2) is 0 Å². The minimum Gasteiger partial charge on any atom is -0.388 e. The summed E-state index contributed by atoms with van der Waals surface area (Å²) >= 11 is 0. The Labute approximate surface area is 98.5 Å². The van der Waals surface area contributed by atoms with Crippen molar-refractivity contribution >= 4 is 0 Å². The summed E-state index contributed by atoms with van der Waals surface area (Å²) in [5, 5.41) is 10.3. The van der Waals surface area contributed by atoms with E-state index in [0.29, 0.717) is 5.92 Å². The van der Waals surface area contributed by atoms with Crippen molar-refractivity contribution in [2.45, 2.75) is 45.6 Å². The highest BCUT2D eigenvalue weighted by molar-refractivity contribution is 5.23. The molecule has 0 heterocycles. The first-order valence-corrected chi connectivity index (χ1v) is 6.45. The number of benzene rings is 1. The molecule has 1 aromatic rings. The quantitative estimate of drug-likeness (QED) is 0.817. The number of rotatable bonds is 3. The van der Waals surface area contributed by atoms with Gasteiger partial charge in [0, 0.05) is 0 Å². The topological polar surface area (TPSA) is 20.2 Å². The van der Waals surface area contributed by atoms with E-state index in [1.165, 1.54) is 31.2 Å². The Morgan fingerprint density at radius 2 is 1.94 bits per heavy atom. The van der Waals surface area contributed by atoms with E-state index in [0.717, 1.165) is 11.5 Å². The molecule has 3 unspecified atom stereocenters. The van der Waals surface area contributed by atoms with Crippen molar-refractivity contribution in [3.63, 3.8) is 0 Å². The molecular formula is C15H22O. The standard InChI is InChI=1S/C15H22O/c1-3-12-6-9-14(10-12)15(16)13-7-4-11(2)5-8-13/h4-5,7-8,12,14-16H,3,6,9-10H2,1-2H3. The molecule has 1 aliphatic rings. The van der Waals surface area contributed by atoms with Gasteiger partial charge in [-0.3, -0.25) is 0 Å². The molecule has 3 atom stereocenters. The molecule has 0 spiro atoms. The molecule has 1 aromatic carbocycles. The molecule has 0 aromatic heterocycles. The number of hydrogen-bond acceptors (Lipinski definition) is 1. The summed E-state index contributed by atoms with van der Waals surface area (Å²) in [4.78, 5) is 0. The predicted octanol–water partition coefficient (Wildman–Crippen LogP) is 3.85. The Kier molecular flexibility index (Phi) is 3.65. The van der Waals surface area contributed by atoms with E-state index >= 15 is 0 Å². The summed E-state index contributed by atoms with van der Waals surface area (Å²) in [6.45, 7) is 4.34. The summed E-state index contributed by atoms with van der Waals surface area (Å²) in [5.41, 5.74) is 2.35. The van der Waals surface area contributed by atoms with Gasteiger partial charge < -0.3 is 5.11 Å². The highest BCUT2D eigenvalue weighted by atomic mass is 16.3. The van der Waals surface area contributed by atoms with Gasteiger partial charge in [0.2, 0.25) is 0 Å². The molecule has 0 aliphatic heterocycles. The summed E-state index contributed by atoms with van der Waals surface area (Å²) in [7, 11) is 0. The molecule has 2 rings (SSSR count). The van der Waals surface area contributed by atoms with Crippen molar-refractivity contribution in [2.75, 3.05) is 0 Å². The fourth-order valence-electron chi connectivity index (χ4n) is 2.81. The number of aliphatic hydroxyl groups is 1. The Morgan fingerprint density at radius 3 is 2.50 bits per heavy atom. The van der Waals surface area contributed by atoms with Crippen LogP contribution in [0.3, 0.4) is 0 Å². The largest absolute Gasteiger partial charge is 0.388 e. The van der Waals surface area contributed by atoms with Gasteiger partial charge in [0.1, 0.15) is 0 Å². The Bertz CT molecular complexity index is 328. The molecular weight excluding hydrogens is 196 g/mol. The maximum absolute atomic E-state index is 10.3. The maximum Gasteiger partial charge on any atom is 0.0818 e. The molecule has 0 amide bonds. The molecule has 1 N–H and O–H groups in total. The third-order valence-corrected chi connectivity index (χ3v) is 4.02. The van der Waals surface area contributed by atoms with Gasteiger partial charge in [0.15, 0.2) is 0 Å². The smallest absolute Gasteiger partial charge is 0.0818 e. The Hall–Kier alpha value is -0.820. The molecule has 1 fully saturated rings. The third-order valence-electron chi connectivity index (χ3n) is 4.02. The number of aliphatic hydroxyl groups excluding tert-OH is 1. The van der Waals surface area contributed by atoms with Gasteiger partial charge >= 0.3 is 0 Å². The van der Waals surface area contributed by atoms with Crippen LogP contribution >= 0.6 is 0 Å². The predicted molar refractivity (Wildman–Crippen MR) is 67.3 cm³/mol. The first-order valence-electron chi connectivity index (χ1n) is 6.45. The average molecular weight is 218 g/mol. The fourth-order valence-corrected chi connectivity index (χ4v) is 2.81. The van der Waals surface area contributed by atoms with E-state index in [1.807, 2.05) is 0 Å². The minimum atomic E-state index is -0.253. The van der Waals surface area contributed by atoms with Crippen molar-refractivity contribution in [1.82, 2.24) is 0 Å². The van der Waals surface area contributed by atoms with Crippen molar-refractivity contribution in [2.24, 2.45) is 11.8 Å². The van der Waals surface area contributed by atoms with E-state index in [1.54, 1.807) is 0 Å². The van der Waals surface area contributed by atoms with Crippen LogP contribution < -0.4 is 0 Å². The molecule has 1 nitrogen and oxygen atoms in total. The zero-order valence-electron chi connectivity index (χ0n) is 10.3. The van der Waals surface area contributed by atoms with Crippen molar-refractivity contribution in [1.29, 1.82) is 0 Å². The average Bonchev–Trinajstić information content (AvgIpc) is 2.77. The van der Waals surface area contributed by atoms with Crippen molar-refractivity contribution in [3.8, 4) is 0 Å². The zero-order valence-corrected chi connectivity index (χ0v) is 10.3. The lowest BCUT2D eigenvalue weighted by Gasteiger charge is -2.18. The van der Waals surface area contributed by atoms with Gasteiger partial charge in [0.05, 0.1) is 6.10 Å². The summed E-state index contributed by atoms with van der Waals surface area (Å²) in [6, 6.07) is 8.31. The lowest BCUT2D eigenvalue weighted by atomic mass is 9.92. The Balaban J connectivity index is 2.02. The highest BCUT2D eigenvalue weighted by Crippen LogP contribution is 2.40. The summed E-state index contributed by atoms with van der Waals surface area (Å²) in [6.07, 6.45) is 4.69. The highest BCUT2D eigenvalue weighted by Gasteiger charge is 2.29. The monoisotopic (exact) mass is 218 g/mol. The van der Waals surface area contributed by atoms with Gasteiger partial charge in [0.25, 0.3) is 0 Å². The van der Waals surface area contributed by atoms with Crippen molar-refractivity contribution < 1.29 is 5.11 Å². The van der Waals surface area contributed by atoms with Crippen LogP contribution in [0.4, 0.5) is 0 Å². The van der Waals surface area contributed by atoms with E-state index in [-0.39, 0.29) is 6.10 Å². The van der Waals surface area contributed by atoms with E-state index in [4.69, 9.17) is 0 Å². The van der Waals surface area contributed by atoms with E-state index in [2.05, 4.69) is 38.1 Å². The van der Waals surface area contributed by atoms with Crippen LogP contribution in [0.1, 0.15) is 49.8 Å². The second-order valence-electron chi connectivity index (χ2n) is 5.20. The molecule has 1 saturated carbocycles. The van der Waals surface area contributed by atoms with Crippen molar-refractivity contribution in [3.05, 3.63) is 35.4 Å². The van der Waals surface area contributed by atoms with Gasteiger partial charge in [-0.15, -0.1) is 0 Å². The minimum absolute atomic E-state index is 0.253. The van der Waals surface area contributed by atoms with Crippen LogP contribution in [0.15, 0.2) is 24.3 Å². The fraction of sp³-hybridized carbons (Fsp3) is 0.600. The third kappa shape index (κ3) is 2.46. The molecule has 88 valence electrons. The van der Waals surface area contributed by atoms with Crippen LogP contribution in [0.5, 0.6) is 0 Å². The van der Waals surface area contributed by atoms with Crippen LogP contribution in [-0.2, 0) is 0 Å². The lowest BCUT2D eigenvalue weighted by molar-refractivity contribution is 0.109. The molecule has 0 bridgehead atoms. The van der Waals surface area contributed by atoms with Crippen LogP contribution in [0.2, 0.25) is 0 Å². The molecule has 0 radical (unpaired) electrons. The number of hydrogen-bond donors (Lipinski definition) is 1. The molecule has 0 saturated heterocycles. The van der Waals surface area contributed by atoms with Crippen LogP contribution in [-0.4, -0.2) is 5.11 Å². The van der Waals surface area contributed by atoms with Gasteiger partial charge in [-0.05, 0) is 37.2 Å². The zero-order chi connectivity index (χ0) is 11.5. The van der Waals surface area contributed by atoms with Gasteiger partial charge in [-0.1, -0.05) is 49.6 Å². The van der Waals surface area contributed by atoms with E-state index in [9.17, 15) is 5.11 Å².